The van der Waals surface area contributed by atoms with Crippen LogP contribution in [0.4, 0.5) is 13.2 Å². The topological polar surface area (TPSA) is 18.5 Å². The zero-order valence-electron chi connectivity index (χ0n) is 13.1. The van der Waals surface area contributed by atoms with Crippen molar-refractivity contribution in [1.29, 1.82) is 0 Å². The summed E-state index contributed by atoms with van der Waals surface area (Å²) >= 11 is 0. The number of nitrogens with zero attached hydrogens (tertiary/aromatic N) is 2. The molecule has 0 radical (unpaired) electrons. The second-order valence-corrected chi connectivity index (χ2v) is 6.77. The number of piperazine rings is 1. The summed E-state index contributed by atoms with van der Waals surface area (Å²) in [5.41, 5.74) is 0. The first-order valence-corrected chi connectivity index (χ1v) is 8.08. The van der Waals surface area contributed by atoms with Crippen LogP contribution in [0, 0.1) is 5.92 Å². The molecule has 6 heteroatoms. The molecule has 1 N–H and O–H groups in total. The highest BCUT2D eigenvalue weighted by Gasteiger charge is 2.42. The third-order valence-electron chi connectivity index (χ3n) is 4.79. The van der Waals surface area contributed by atoms with E-state index in [2.05, 4.69) is 29.1 Å². The second-order valence-electron chi connectivity index (χ2n) is 6.77. The van der Waals surface area contributed by atoms with Gasteiger partial charge in [-0.2, -0.15) is 13.2 Å². The van der Waals surface area contributed by atoms with Crippen LogP contribution in [0.5, 0.6) is 0 Å². The molecule has 0 bridgehead atoms. The number of hydrogen-bond acceptors (Lipinski definition) is 3. The van der Waals surface area contributed by atoms with Gasteiger partial charge >= 0.3 is 6.18 Å². The van der Waals surface area contributed by atoms with E-state index in [-0.39, 0.29) is 18.5 Å². The molecule has 0 spiro atoms. The van der Waals surface area contributed by atoms with Crippen molar-refractivity contribution < 1.29 is 13.2 Å². The van der Waals surface area contributed by atoms with Crippen LogP contribution in [0.3, 0.4) is 0 Å². The normalized spacial score (nSPS) is 31.3. The number of nitrogens with one attached hydrogen (secondary N) is 1. The molecule has 1 saturated carbocycles. The van der Waals surface area contributed by atoms with E-state index in [0.29, 0.717) is 12.8 Å². The first-order chi connectivity index (χ1) is 9.84. The quantitative estimate of drug-likeness (QED) is 0.860. The van der Waals surface area contributed by atoms with Gasteiger partial charge in [0.2, 0.25) is 0 Å². The fraction of sp³-hybridized carbons (Fsp3) is 1.00. The number of hydrogen-bond donors (Lipinski definition) is 1. The largest absolute Gasteiger partial charge is 0.391 e. The SMILES string of the molecule is C[C@H](CN1CCN(C)CC1)N[C@@H]1CCC[C@H](C(F)(F)F)C1. The summed E-state index contributed by atoms with van der Waals surface area (Å²) in [6.45, 7) is 7.28. The van der Waals surface area contributed by atoms with E-state index < -0.39 is 12.1 Å². The number of halogens is 3. The second kappa shape index (κ2) is 7.29. The van der Waals surface area contributed by atoms with Crippen molar-refractivity contribution in [2.45, 2.75) is 50.9 Å². The van der Waals surface area contributed by atoms with E-state index in [9.17, 15) is 13.2 Å². The van der Waals surface area contributed by atoms with E-state index in [0.717, 1.165) is 39.1 Å². The Bertz CT molecular complexity index is 314. The first-order valence-electron chi connectivity index (χ1n) is 8.08. The van der Waals surface area contributed by atoms with E-state index in [1.807, 2.05) is 0 Å². The third-order valence-corrected chi connectivity index (χ3v) is 4.79. The zero-order valence-corrected chi connectivity index (χ0v) is 13.1. The van der Waals surface area contributed by atoms with Crippen LogP contribution in [-0.2, 0) is 0 Å². The lowest BCUT2D eigenvalue weighted by Gasteiger charge is -2.36. The van der Waals surface area contributed by atoms with Gasteiger partial charge in [0.05, 0.1) is 5.92 Å². The molecular formula is C15H28F3N3. The van der Waals surface area contributed by atoms with Crippen molar-refractivity contribution in [3.05, 3.63) is 0 Å². The highest BCUT2D eigenvalue weighted by molar-refractivity contribution is 4.84. The van der Waals surface area contributed by atoms with E-state index in [1.54, 1.807) is 0 Å². The Hall–Kier alpha value is -0.330. The van der Waals surface area contributed by atoms with Gasteiger partial charge in [-0.15, -0.1) is 0 Å². The van der Waals surface area contributed by atoms with Crippen LogP contribution in [0.1, 0.15) is 32.6 Å². The van der Waals surface area contributed by atoms with Gasteiger partial charge in [0.1, 0.15) is 0 Å². The van der Waals surface area contributed by atoms with Gasteiger partial charge in [0.25, 0.3) is 0 Å². The summed E-state index contributed by atoms with van der Waals surface area (Å²) in [5.74, 6) is -1.11. The lowest BCUT2D eigenvalue weighted by atomic mass is 9.85. The molecule has 2 aliphatic rings. The Kier molecular flexibility index (Phi) is 5.91. The smallest absolute Gasteiger partial charge is 0.310 e. The van der Waals surface area contributed by atoms with Gasteiger partial charge in [-0.25, -0.2) is 0 Å². The zero-order chi connectivity index (χ0) is 15.5. The highest BCUT2D eigenvalue weighted by atomic mass is 19.4. The van der Waals surface area contributed by atoms with Crippen LogP contribution < -0.4 is 5.32 Å². The van der Waals surface area contributed by atoms with Crippen molar-refractivity contribution in [2.75, 3.05) is 39.8 Å². The van der Waals surface area contributed by atoms with Crippen LogP contribution in [-0.4, -0.2) is 67.8 Å². The van der Waals surface area contributed by atoms with Gasteiger partial charge in [0, 0.05) is 44.8 Å². The molecule has 0 amide bonds. The molecule has 124 valence electrons. The molecule has 0 aromatic rings. The van der Waals surface area contributed by atoms with Crippen LogP contribution >= 0.6 is 0 Å². The Balaban J connectivity index is 1.73. The van der Waals surface area contributed by atoms with Crippen molar-refractivity contribution in [3.8, 4) is 0 Å². The number of rotatable bonds is 4. The Morgan fingerprint density at radius 2 is 1.81 bits per heavy atom. The van der Waals surface area contributed by atoms with Crippen molar-refractivity contribution in [1.82, 2.24) is 15.1 Å². The lowest BCUT2D eigenvalue weighted by Crippen LogP contribution is -2.51. The maximum Gasteiger partial charge on any atom is 0.391 e. The molecule has 3 nitrogen and oxygen atoms in total. The predicted molar refractivity (Wildman–Crippen MR) is 78.3 cm³/mol. The summed E-state index contributed by atoms with van der Waals surface area (Å²) < 4.78 is 38.5. The Morgan fingerprint density at radius 1 is 1.14 bits per heavy atom. The van der Waals surface area contributed by atoms with Gasteiger partial charge in [-0.05, 0) is 33.2 Å². The maximum atomic E-state index is 12.8. The molecule has 0 aromatic carbocycles. The van der Waals surface area contributed by atoms with Gasteiger partial charge in [-0.3, -0.25) is 4.90 Å². The van der Waals surface area contributed by atoms with E-state index in [1.165, 1.54) is 0 Å². The number of likely N-dealkylation sites (N-methyl/N-ethyl adjacent to an activating group) is 1. The molecule has 3 atom stereocenters. The summed E-state index contributed by atoms with van der Waals surface area (Å²) in [5, 5.41) is 3.42. The van der Waals surface area contributed by atoms with Gasteiger partial charge in [0.15, 0.2) is 0 Å². The monoisotopic (exact) mass is 307 g/mol. The van der Waals surface area contributed by atoms with Crippen molar-refractivity contribution >= 4 is 0 Å². The molecule has 1 saturated heterocycles. The van der Waals surface area contributed by atoms with Crippen molar-refractivity contribution in [3.63, 3.8) is 0 Å². The molecule has 2 rings (SSSR count). The molecular weight excluding hydrogens is 279 g/mol. The maximum absolute atomic E-state index is 12.8. The number of alkyl halides is 3. The summed E-state index contributed by atoms with van der Waals surface area (Å²) in [7, 11) is 2.12. The average Bonchev–Trinajstić information content (AvgIpc) is 2.41. The van der Waals surface area contributed by atoms with E-state index in [4.69, 9.17) is 0 Å². The molecule has 2 fully saturated rings. The summed E-state index contributed by atoms with van der Waals surface area (Å²) in [4.78, 5) is 4.71. The van der Waals surface area contributed by atoms with Gasteiger partial charge in [-0.1, -0.05) is 6.42 Å². The molecule has 21 heavy (non-hydrogen) atoms. The van der Waals surface area contributed by atoms with E-state index >= 15 is 0 Å². The summed E-state index contributed by atoms with van der Waals surface area (Å²) in [6.07, 6.45) is -1.92. The van der Waals surface area contributed by atoms with Crippen LogP contribution in [0.15, 0.2) is 0 Å². The standard InChI is InChI=1S/C15H28F3N3/c1-12(11-21-8-6-20(2)7-9-21)19-14-5-3-4-13(10-14)15(16,17)18/h12-14,19H,3-11H2,1-2H3/t12-,13+,14-/m1/s1. The van der Waals surface area contributed by atoms with Crippen molar-refractivity contribution in [2.24, 2.45) is 5.92 Å². The molecule has 1 aliphatic carbocycles. The lowest BCUT2D eigenvalue weighted by molar-refractivity contribution is -0.183. The van der Waals surface area contributed by atoms with Crippen LogP contribution in [0.2, 0.25) is 0 Å². The fourth-order valence-electron chi connectivity index (χ4n) is 3.51. The highest BCUT2D eigenvalue weighted by Crippen LogP contribution is 2.37. The molecule has 1 aliphatic heterocycles. The minimum atomic E-state index is -4.03. The van der Waals surface area contributed by atoms with Gasteiger partial charge < -0.3 is 10.2 Å². The average molecular weight is 307 g/mol. The molecule has 0 unspecified atom stereocenters. The molecule has 0 aromatic heterocycles. The minimum absolute atomic E-state index is 0.0211. The predicted octanol–water partition coefficient (Wildman–Crippen LogP) is 2.33. The Morgan fingerprint density at radius 3 is 2.43 bits per heavy atom. The third kappa shape index (κ3) is 5.42. The fourth-order valence-corrected chi connectivity index (χ4v) is 3.51. The minimum Gasteiger partial charge on any atom is -0.310 e. The summed E-state index contributed by atoms with van der Waals surface area (Å²) in [6, 6.07) is 0.276. The van der Waals surface area contributed by atoms with Crippen LogP contribution in [0.25, 0.3) is 0 Å². The molecule has 1 heterocycles. The Labute approximate surface area is 125 Å². The first kappa shape index (κ1) is 17.0.